The summed E-state index contributed by atoms with van der Waals surface area (Å²) in [5.74, 6) is 0. The van der Waals surface area contributed by atoms with Crippen LogP contribution in [0.15, 0.2) is 34.7 Å². The number of hydrazone groups is 1. The van der Waals surface area contributed by atoms with Crippen molar-refractivity contribution >= 4 is 33.8 Å². The summed E-state index contributed by atoms with van der Waals surface area (Å²) in [6, 6.07) is 8.12. The SMILES string of the molecule is CCCC(C)N(N=C(C)C)c1nc(-c2ccccc2Cl)cs1. The third kappa shape index (κ3) is 4.08. The highest BCUT2D eigenvalue weighted by Crippen LogP contribution is 2.33. The second-order valence-electron chi connectivity index (χ2n) is 5.52. The van der Waals surface area contributed by atoms with E-state index < -0.39 is 0 Å². The second kappa shape index (κ2) is 7.75. The van der Waals surface area contributed by atoms with Crippen LogP contribution in [0.4, 0.5) is 5.13 Å². The van der Waals surface area contributed by atoms with Crippen molar-refractivity contribution in [2.24, 2.45) is 5.10 Å². The van der Waals surface area contributed by atoms with E-state index in [9.17, 15) is 0 Å². The molecule has 0 N–H and O–H groups in total. The zero-order chi connectivity index (χ0) is 16.1. The maximum absolute atomic E-state index is 6.27. The largest absolute Gasteiger partial charge is 0.236 e. The summed E-state index contributed by atoms with van der Waals surface area (Å²) >= 11 is 7.87. The predicted octanol–water partition coefficient (Wildman–Crippen LogP) is 5.85. The van der Waals surface area contributed by atoms with E-state index in [0.717, 1.165) is 40.0 Å². The summed E-state index contributed by atoms with van der Waals surface area (Å²) in [5, 5.41) is 10.4. The van der Waals surface area contributed by atoms with Gasteiger partial charge in [0.2, 0.25) is 5.13 Å². The molecule has 1 heterocycles. The van der Waals surface area contributed by atoms with Gasteiger partial charge in [-0.3, -0.25) is 0 Å². The number of aromatic nitrogens is 1. The highest BCUT2D eigenvalue weighted by Gasteiger charge is 2.18. The molecule has 0 saturated heterocycles. The predicted molar refractivity (Wildman–Crippen MR) is 98.2 cm³/mol. The molecule has 1 unspecified atom stereocenters. The lowest BCUT2D eigenvalue weighted by atomic mass is 10.2. The Bertz CT molecular complexity index is 647. The van der Waals surface area contributed by atoms with Gasteiger partial charge in [-0.1, -0.05) is 43.1 Å². The van der Waals surface area contributed by atoms with E-state index in [2.05, 4.69) is 18.9 Å². The first kappa shape index (κ1) is 17.0. The van der Waals surface area contributed by atoms with Gasteiger partial charge in [-0.2, -0.15) is 5.10 Å². The highest BCUT2D eigenvalue weighted by atomic mass is 35.5. The van der Waals surface area contributed by atoms with Crippen LogP contribution in [0.25, 0.3) is 11.3 Å². The lowest BCUT2D eigenvalue weighted by Crippen LogP contribution is -2.28. The number of rotatable bonds is 6. The van der Waals surface area contributed by atoms with Crippen molar-refractivity contribution in [1.82, 2.24) is 4.98 Å². The molecule has 1 aromatic carbocycles. The van der Waals surface area contributed by atoms with Crippen LogP contribution in [0.2, 0.25) is 5.02 Å². The summed E-state index contributed by atoms with van der Waals surface area (Å²) in [7, 11) is 0. The molecular weight excluding hydrogens is 314 g/mol. The summed E-state index contributed by atoms with van der Waals surface area (Å²) in [6.45, 7) is 8.39. The van der Waals surface area contributed by atoms with Crippen LogP contribution < -0.4 is 5.01 Å². The molecule has 0 radical (unpaired) electrons. The number of benzene rings is 1. The van der Waals surface area contributed by atoms with Crippen LogP contribution in [0.3, 0.4) is 0 Å². The summed E-state index contributed by atoms with van der Waals surface area (Å²) in [6.07, 6.45) is 2.20. The molecule has 0 saturated carbocycles. The molecule has 2 rings (SSSR count). The van der Waals surface area contributed by atoms with Gasteiger partial charge >= 0.3 is 0 Å². The van der Waals surface area contributed by atoms with E-state index >= 15 is 0 Å². The number of thiazole rings is 1. The van der Waals surface area contributed by atoms with E-state index in [1.807, 2.05) is 48.5 Å². The number of anilines is 1. The maximum Gasteiger partial charge on any atom is 0.206 e. The molecular formula is C17H22ClN3S. The molecule has 118 valence electrons. The van der Waals surface area contributed by atoms with Crippen LogP contribution in [0, 0.1) is 0 Å². The fraction of sp³-hybridized carbons (Fsp3) is 0.412. The van der Waals surface area contributed by atoms with Crippen molar-refractivity contribution < 1.29 is 0 Å². The summed E-state index contributed by atoms with van der Waals surface area (Å²) < 4.78 is 0. The summed E-state index contributed by atoms with van der Waals surface area (Å²) in [5.41, 5.74) is 2.90. The molecule has 0 spiro atoms. The van der Waals surface area contributed by atoms with Gasteiger partial charge in [0.1, 0.15) is 0 Å². The average Bonchev–Trinajstić information content (AvgIpc) is 2.94. The van der Waals surface area contributed by atoms with Crippen molar-refractivity contribution in [3.05, 3.63) is 34.7 Å². The van der Waals surface area contributed by atoms with E-state index in [1.54, 1.807) is 11.3 Å². The Morgan fingerprint density at radius 3 is 2.73 bits per heavy atom. The van der Waals surface area contributed by atoms with Crippen LogP contribution >= 0.6 is 22.9 Å². The lowest BCUT2D eigenvalue weighted by molar-refractivity contribution is 0.593. The Morgan fingerprint density at radius 1 is 1.36 bits per heavy atom. The number of hydrogen-bond acceptors (Lipinski definition) is 4. The fourth-order valence-electron chi connectivity index (χ4n) is 2.25. The molecule has 5 heteroatoms. The smallest absolute Gasteiger partial charge is 0.206 e. The quantitative estimate of drug-likeness (QED) is 0.489. The van der Waals surface area contributed by atoms with E-state index in [-0.39, 0.29) is 0 Å². The van der Waals surface area contributed by atoms with Crippen molar-refractivity contribution in [1.29, 1.82) is 0 Å². The summed E-state index contributed by atoms with van der Waals surface area (Å²) in [4.78, 5) is 4.75. The monoisotopic (exact) mass is 335 g/mol. The molecule has 0 bridgehead atoms. The molecule has 1 aromatic heterocycles. The number of halogens is 1. The second-order valence-corrected chi connectivity index (χ2v) is 6.77. The molecule has 0 fully saturated rings. The number of hydrogen-bond donors (Lipinski definition) is 0. The van der Waals surface area contributed by atoms with Crippen molar-refractivity contribution in [2.75, 3.05) is 5.01 Å². The van der Waals surface area contributed by atoms with Gasteiger partial charge in [0, 0.05) is 21.7 Å². The first-order chi connectivity index (χ1) is 10.5. The average molecular weight is 336 g/mol. The molecule has 0 amide bonds. The van der Waals surface area contributed by atoms with Crippen molar-refractivity contribution in [3.8, 4) is 11.3 Å². The van der Waals surface area contributed by atoms with Crippen molar-refractivity contribution in [3.63, 3.8) is 0 Å². The van der Waals surface area contributed by atoms with E-state index in [0.29, 0.717) is 6.04 Å². The zero-order valence-corrected chi connectivity index (χ0v) is 15.1. The van der Waals surface area contributed by atoms with E-state index in [1.165, 1.54) is 0 Å². The van der Waals surface area contributed by atoms with Gasteiger partial charge in [0.15, 0.2) is 0 Å². The Morgan fingerprint density at radius 2 is 2.09 bits per heavy atom. The molecule has 0 aliphatic carbocycles. The minimum atomic E-state index is 0.324. The minimum absolute atomic E-state index is 0.324. The van der Waals surface area contributed by atoms with Crippen LogP contribution in [0.5, 0.6) is 0 Å². The van der Waals surface area contributed by atoms with E-state index in [4.69, 9.17) is 16.6 Å². The standard InChI is InChI=1S/C17H22ClN3S/c1-5-8-13(4)21(20-12(2)3)17-19-16(11-22-17)14-9-6-7-10-15(14)18/h6-7,9-11,13H,5,8H2,1-4H3. The van der Waals surface area contributed by atoms with Crippen molar-refractivity contribution in [2.45, 2.75) is 46.6 Å². The van der Waals surface area contributed by atoms with Crippen LogP contribution in [-0.2, 0) is 0 Å². The molecule has 3 nitrogen and oxygen atoms in total. The first-order valence-corrected chi connectivity index (χ1v) is 8.80. The Balaban J connectivity index is 2.35. The topological polar surface area (TPSA) is 28.5 Å². The normalized spacial score (nSPS) is 12.0. The van der Waals surface area contributed by atoms with Gasteiger partial charge in [0.05, 0.1) is 11.7 Å². The molecule has 1 atom stereocenters. The minimum Gasteiger partial charge on any atom is -0.236 e. The van der Waals surface area contributed by atoms with Gasteiger partial charge in [-0.15, -0.1) is 11.3 Å². The van der Waals surface area contributed by atoms with Gasteiger partial charge in [-0.05, 0) is 33.3 Å². The van der Waals surface area contributed by atoms with Gasteiger partial charge in [-0.25, -0.2) is 9.99 Å². The molecule has 0 aliphatic rings. The highest BCUT2D eigenvalue weighted by molar-refractivity contribution is 7.14. The van der Waals surface area contributed by atoms with Gasteiger partial charge in [0.25, 0.3) is 0 Å². The maximum atomic E-state index is 6.27. The Hall–Kier alpha value is -1.39. The molecule has 2 aromatic rings. The Kier molecular flexibility index (Phi) is 5.98. The Labute approximate surface area is 141 Å². The molecule has 22 heavy (non-hydrogen) atoms. The third-order valence-electron chi connectivity index (χ3n) is 3.27. The number of nitrogens with zero attached hydrogens (tertiary/aromatic N) is 3. The first-order valence-electron chi connectivity index (χ1n) is 7.54. The fourth-order valence-corrected chi connectivity index (χ4v) is 3.36. The third-order valence-corrected chi connectivity index (χ3v) is 4.43. The van der Waals surface area contributed by atoms with Gasteiger partial charge < -0.3 is 0 Å². The molecule has 0 aliphatic heterocycles. The van der Waals surface area contributed by atoms with Crippen LogP contribution in [0.1, 0.15) is 40.5 Å². The van der Waals surface area contributed by atoms with Crippen LogP contribution in [-0.4, -0.2) is 16.7 Å². The lowest BCUT2D eigenvalue weighted by Gasteiger charge is -2.23. The zero-order valence-electron chi connectivity index (χ0n) is 13.5.